The molecule has 5 nitrogen and oxygen atoms in total. The zero-order valence-electron chi connectivity index (χ0n) is 17.5. The summed E-state index contributed by atoms with van der Waals surface area (Å²) in [6, 6.07) is 16.5. The quantitative estimate of drug-likeness (QED) is 0.577. The van der Waals surface area contributed by atoms with Gasteiger partial charge in [0.15, 0.2) is 0 Å². The van der Waals surface area contributed by atoms with Gasteiger partial charge < -0.3 is 9.47 Å². The lowest BCUT2D eigenvalue weighted by Crippen LogP contribution is -2.31. The van der Waals surface area contributed by atoms with Gasteiger partial charge in [0.1, 0.15) is 18.1 Å². The van der Waals surface area contributed by atoms with E-state index >= 15 is 0 Å². The number of hydrogen-bond acceptors (Lipinski definition) is 4. The van der Waals surface area contributed by atoms with Crippen LogP contribution in [0, 0.1) is 11.8 Å². The average molecular weight is 430 g/mol. The Bertz CT molecular complexity index is 941. The van der Waals surface area contributed by atoms with Crippen LogP contribution in [0.4, 0.5) is 0 Å². The van der Waals surface area contributed by atoms with Crippen LogP contribution in [0.5, 0.6) is 11.5 Å². The summed E-state index contributed by atoms with van der Waals surface area (Å²) in [5.74, 6) is 3.11. The van der Waals surface area contributed by atoms with Gasteiger partial charge in [0, 0.05) is 18.0 Å². The molecule has 1 fully saturated rings. The second kappa shape index (κ2) is 9.40. The topological polar surface area (TPSA) is 64.6 Å². The van der Waals surface area contributed by atoms with Crippen molar-refractivity contribution in [2.45, 2.75) is 38.5 Å². The SMILES string of the molecule is CCC1COc2ccc(OCCNS(=O)(=O)CC3CC3)cc2C1Cc1ccccc1. The highest BCUT2D eigenvalue weighted by Gasteiger charge is 2.30. The van der Waals surface area contributed by atoms with E-state index in [1.54, 1.807) is 0 Å². The highest BCUT2D eigenvalue weighted by Crippen LogP contribution is 2.42. The van der Waals surface area contributed by atoms with Gasteiger partial charge in [-0.1, -0.05) is 37.3 Å². The molecule has 1 saturated carbocycles. The number of sulfonamides is 1. The first-order valence-corrected chi connectivity index (χ1v) is 12.6. The summed E-state index contributed by atoms with van der Waals surface area (Å²) in [7, 11) is -3.19. The van der Waals surface area contributed by atoms with E-state index in [0.29, 0.717) is 24.4 Å². The molecule has 0 radical (unpaired) electrons. The highest BCUT2D eigenvalue weighted by molar-refractivity contribution is 7.89. The molecule has 1 aliphatic heterocycles. The van der Waals surface area contributed by atoms with Crippen LogP contribution in [0.2, 0.25) is 0 Å². The molecule has 4 rings (SSSR count). The maximum atomic E-state index is 12.0. The van der Waals surface area contributed by atoms with Crippen LogP contribution < -0.4 is 14.2 Å². The van der Waals surface area contributed by atoms with Gasteiger partial charge in [0.2, 0.25) is 10.0 Å². The summed E-state index contributed by atoms with van der Waals surface area (Å²) < 4.78 is 38.5. The maximum Gasteiger partial charge on any atom is 0.211 e. The van der Waals surface area contributed by atoms with E-state index in [4.69, 9.17) is 9.47 Å². The lowest BCUT2D eigenvalue weighted by Gasteiger charge is -2.33. The largest absolute Gasteiger partial charge is 0.493 e. The fraction of sp³-hybridized carbons (Fsp3) is 0.500. The van der Waals surface area contributed by atoms with E-state index in [1.165, 1.54) is 11.1 Å². The van der Waals surface area contributed by atoms with E-state index in [2.05, 4.69) is 42.0 Å². The number of fused-ring (bicyclic) bond motifs is 1. The molecule has 1 heterocycles. The minimum absolute atomic E-state index is 0.239. The molecule has 2 atom stereocenters. The lowest BCUT2D eigenvalue weighted by atomic mass is 9.78. The first-order valence-electron chi connectivity index (χ1n) is 10.9. The predicted molar refractivity (Wildman–Crippen MR) is 119 cm³/mol. The van der Waals surface area contributed by atoms with Gasteiger partial charge >= 0.3 is 0 Å². The Morgan fingerprint density at radius 3 is 2.67 bits per heavy atom. The van der Waals surface area contributed by atoms with Crippen molar-refractivity contribution in [2.24, 2.45) is 11.8 Å². The average Bonchev–Trinajstić information content (AvgIpc) is 3.55. The van der Waals surface area contributed by atoms with Crippen molar-refractivity contribution in [1.82, 2.24) is 4.72 Å². The molecule has 6 heteroatoms. The lowest BCUT2D eigenvalue weighted by molar-refractivity contribution is 0.187. The van der Waals surface area contributed by atoms with Crippen LogP contribution in [0.15, 0.2) is 48.5 Å². The Labute approximate surface area is 179 Å². The summed E-state index contributed by atoms with van der Waals surface area (Å²) in [6.07, 6.45) is 4.08. The van der Waals surface area contributed by atoms with Crippen molar-refractivity contribution in [2.75, 3.05) is 25.5 Å². The minimum atomic E-state index is -3.19. The minimum Gasteiger partial charge on any atom is -0.493 e. The summed E-state index contributed by atoms with van der Waals surface area (Å²) in [4.78, 5) is 0. The molecule has 1 aliphatic carbocycles. The van der Waals surface area contributed by atoms with E-state index in [1.807, 2.05) is 18.2 Å². The third kappa shape index (κ3) is 5.55. The van der Waals surface area contributed by atoms with Crippen LogP contribution >= 0.6 is 0 Å². The molecular formula is C24H31NO4S. The van der Waals surface area contributed by atoms with Gasteiger partial charge in [-0.3, -0.25) is 0 Å². The first-order chi connectivity index (χ1) is 14.5. The molecular weight excluding hydrogens is 398 g/mol. The number of rotatable bonds is 10. The van der Waals surface area contributed by atoms with Gasteiger partial charge in [0.05, 0.1) is 12.4 Å². The molecule has 0 amide bonds. The molecule has 162 valence electrons. The molecule has 30 heavy (non-hydrogen) atoms. The third-order valence-electron chi connectivity index (χ3n) is 6.07. The van der Waals surface area contributed by atoms with Crippen LogP contribution in [-0.4, -0.2) is 33.9 Å². The molecule has 2 aliphatic rings. The molecule has 1 N–H and O–H groups in total. The first kappa shape index (κ1) is 21.2. The van der Waals surface area contributed by atoms with Gasteiger partial charge in [-0.15, -0.1) is 0 Å². The van der Waals surface area contributed by atoms with Gasteiger partial charge in [-0.05, 0) is 61.3 Å². The van der Waals surface area contributed by atoms with Crippen LogP contribution in [0.25, 0.3) is 0 Å². The van der Waals surface area contributed by atoms with Crippen molar-refractivity contribution in [1.29, 1.82) is 0 Å². The summed E-state index contributed by atoms with van der Waals surface area (Å²) in [5, 5.41) is 0. The smallest absolute Gasteiger partial charge is 0.211 e. The van der Waals surface area contributed by atoms with Crippen LogP contribution in [-0.2, 0) is 16.4 Å². The maximum absolute atomic E-state index is 12.0. The number of hydrogen-bond donors (Lipinski definition) is 1. The van der Waals surface area contributed by atoms with Gasteiger partial charge in [0.25, 0.3) is 0 Å². The molecule has 2 aromatic rings. The van der Waals surface area contributed by atoms with E-state index in [9.17, 15) is 8.42 Å². The van der Waals surface area contributed by atoms with Gasteiger partial charge in [-0.2, -0.15) is 0 Å². The Kier molecular flexibility index (Phi) is 6.64. The zero-order chi connectivity index (χ0) is 21.0. The standard InChI is InChI=1S/C24H31NO4S/c1-2-20-16-29-24-11-10-21(28-13-12-25-30(26,27)17-19-8-9-19)15-23(24)22(20)14-18-6-4-3-5-7-18/h3-7,10-11,15,19-20,22,25H,2,8-9,12-14,16-17H2,1H3. The van der Waals surface area contributed by atoms with E-state index < -0.39 is 10.0 Å². The molecule has 2 unspecified atom stereocenters. The fourth-order valence-electron chi connectivity index (χ4n) is 4.17. The molecule has 0 aromatic heterocycles. The molecule has 0 spiro atoms. The highest BCUT2D eigenvalue weighted by atomic mass is 32.2. The number of benzene rings is 2. The molecule has 2 aromatic carbocycles. The van der Waals surface area contributed by atoms with Crippen molar-refractivity contribution in [3.05, 3.63) is 59.7 Å². The van der Waals surface area contributed by atoms with Gasteiger partial charge in [-0.25, -0.2) is 13.1 Å². The van der Waals surface area contributed by atoms with Crippen molar-refractivity contribution in [3.63, 3.8) is 0 Å². The zero-order valence-corrected chi connectivity index (χ0v) is 18.4. The molecule has 0 bridgehead atoms. The Balaban J connectivity index is 1.41. The summed E-state index contributed by atoms with van der Waals surface area (Å²) in [5.41, 5.74) is 2.51. The summed E-state index contributed by atoms with van der Waals surface area (Å²) in [6.45, 7) is 3.55. The number of ether oxygens (including phenoxy) is 2. The second-order valence-corrected chi connectivity index (χ2v) is 10.3. The Morgan fingerprint density at radius 1 is 1.13 bits per heavy atom. The van der Waals surface area contributed by atoms with Crippen molar-refractivity contribution >= 4 is 10.0 Å². The Morgan fingerprint density at radius 2 is 1.93 bits per heavy atom. The molecule has 0 saturated heterocycles. The fourth-order valence-corrected chi connectivity index (χ4v) is 5.64. The van der Waals surface area contributed by atoms with Crippen LogP contribution in [0.3, 0.4) is 0 Å². The summed E-state index contributed by atoms with van der Waals surface area (Å²) >= 11 is 0. The van der Waals surface area contributed by atoms with E-state index in [0.717, 1.165) is 43.8 Å². The van der Waals surface area contributed by atoms with Crippen molar-refractivity contribution < 1.29 is 17.9 Å². The Hall–Kier alpha value is -2.05. The second-order valence-electron chi connectivity index (χ2n) is 8.44. The van der Waals surface area contributed by atoms with Crippen molar-refractivity contribution in [3.8, 4) is 11.5 Å². The normalized spacial score (nSPS) is 21.0. The third-order valence-corrected chi connectivity index (χ3v) is 7.62. The monoisotopic (exact) mass is 429 g/mol. The van der Waals surface area contributed by atoms with Crippen LogP contribution in [0.1, 0.15) is 43.2 Å². The van der Waals surface area contributed by atoms with E-state index in [-0.39, 0.29) is 12.3 Å². The number of nitrogens with one attached hydrogen (secondary N) is 1. The predicted octanol–water partition coefficient (Wildman–Crippen LogP) is 4.14.